The van der Waals surface area contributed by atoms with Crippen molar-refractivity contribution in [1.82, 2.24) is 10.2 Å². The molecule has 16 heavy (non-hydrogen) atoms. The van der Waals surface area contributed by atoms with Crippen LogP contribution in [0.1, 0.15) is 44.4 Å². The molecule has 1 aromatic heterocycles. The summed E-state index contributed by atoms with van der Waals surface area (Å²) >= 11 is 0. The summed E-state index contributed by atoms with van der Waals surface area (Å²) in [7, 11) is 0. The minimum absolute atomic E-state index is 0.151. The van der Waals surface area contributed by atoms with Crippen molar-refractivity contribution < 1.29 is 9.21 Å². The molecule has 1 fully saturated rings. The lowest BCUT2D eigenvalue weighted by atomic mass is 10.2. The van der Waals surface area contributed by atoms with Crippen LogP contribution < -0.4 is 11.1 Å². The van der Waals surface area contributed by atoms with Gasteiger partial charge in [0.2, 0.25) is 11.8 Å². The van der Waals surface area contributed by atoms with E-state index in [0.29, 0.717) is 18.2 Å². The second-order valence-electron chi connectivity index (χ2n) is 4.10. The van der Waals surface area contributed by atoms with Crippen LogP contribution in [0.15, 0.2) is 4.42 Å². The normalized spacial score (nSPS) is 17.1. The second-order valence-corrected chi connectivity index (χ2v) is 4.10. The first-order valence-corrected chi connectivity index (χ1v) is 5.60. The lowest BCUT2D eigenvalue weighted by molar-refractivity contribution is -0.117. The van der Waals surface area contributed by atoms with Crippen molar-refractivity contribution >= 4 is 11.9 Å². The molecule has 6 nitrogen and oxygen atoms in total. The van der Waals surface area contributed by atoms with Crippen LogP contribution >= 0.6 is 0 Å². The quantitative estimate of drug-likeness (QED) is 0.778. The molecule has 0 bridgehead atoms. The van der Waals surface area contributed by atoms with Gasteiger partial charge in [-0.15, -0.1) is 5.10 Å². The third kappa shape index (κ3) is 2.57. The molecule has 88 valence electrons. The Bertz CT molecular complexity index is 373. The van der Waals surface area contributed by atoms with Gasteiger partial charge in [0.15, 0.2) is 0 Å². The summed E-state index contributed by atoms with van der Waals surface area (Å²) < 4.78 is 5.30. The summed E-state index contributed by atoms with van der Waals surface area (Å²) in [5.74, 6) is 0.731. The second kappa shape index (κ2) is 4.61. The molecule has 0 spiro atoms. The van der Waals surface area contributed by atoms with Gasteiger partial charge in [0.25, 0.3) is 0 Å². The van der Waals surface area contributed by atoms with Crippen molar-refractivity contribution in [2.45, 2.75) is 44.6 Å². The molecule has 0 radical (unpaired) electrons. The van der Waals surface area contributed by atoms with Crippen LogP contribution in [0.4, 0.5) is 6.01 Å². The molecule has 0 saturated heterocycles. The van der Waals surface area contributed by atoms with E-state index in [1.165, 1.54) is 0 Å². The van der Waals surface area contributed by atoms with Crippen molar-refractivity contribution in [2.24, 2.45) is 5.73 Å². The SMILES string of the molecule is CCCC(N)C(=O)Nc1nnc(C2CC2)o1. The van der Waals surface area contributed by atoms with Gasteiger partial charge >= 0.3 is 6.01 Å². The number of amides is 1. The van der Waals surface area contributed by atoms with Crippen molar-refractivity contribution in [1.29, 1.82) is 0 Å². The standard InChI is InChI=1S/C10H16N4O2/c1-2-3-7(11)8(15)12-10-14-13-9(16-10)6-4-5-6/h6-7H,2-5,11H2,1H3,(H,12,14,15). The molecule has 1 aliphatic carbocycles. The molecular formula is C10H16N4O2. The Morgan fingerprint density at radius 1 is 1.62 bits per heavy atom. The highest BCUT2D eigenvalue weighted by molar-refractivity contribution is 5.92. The highest BCUT2D eigenvalue weighted by Gasteiger charge is 2.29. The number of carbonyl (C=O) groups excluding carboxylic acids is 1. The highest BCUT2D eigenvalue weighted by atomic mass is 16.4. The first kappa shape index (κ1) is 11.1. The fraction of sp³-hybridized carbons (Fsp3) is 0.700. The van der Waals surface area contributed by atoms with E-state index in [4.69, 9.17) is 10.2 Å². The van der Waals surface area contributed by atoms with Gasteiger partial charge in [-0.3, -0.25) is 10.1 Å². The van der Waals surface area contributed by atoms with Crippen LogP contribution in [0.25, 0.3) is 0 Å². The number of aromatic nitrogens is 2. The van der Waals surface area contributed by atoms with Gasteiger partial charge in [-0.1, -0.05) is 18.4 Å². The van der Waals surface area contributed by atoms with E-state index in [2.05, 4.69) is 15.5 Å². The van der Waals surface area contributed by atoms with Gasteiger partial charge in [0.05, 0.1) is 6.04 Å². The average molecular weight is 224 g/mol. The topological polar surface area (TPSA) is 94.0 Å². The number of nitrogens with one attached hydrogen (secondary N) is 1. The molecule has 1 aromatic rings. The summed E-state index contributed by atoms with van der Waals surface area (Å²) in [6.07, 6.45) is 3.69. The molecule has 1 saturated carbocycles. The van der Waals surface area contributed by atoms with Gasteiger partial charge < -0.3 is 10.2 Å². The maximum absolute atomic E-state index is 11.5. The zero-order valence-electron chi connectivity index (χ0n) is 9.27. The van der Waals surface area contributed by atoms with Crippen LogP contribution in [0, 0.1) is 0 Å². The van der Waals surface area contributed by atoms with Gasteiger partial charge in [-0.25, -0.2) is 0 Å². The molecule has 1 atom stereocenters. The third-order valence-electron chi connectivity index (χ3n) is 2.53. The Morgan fingerprint density at radius 3 is 3.00 bits per heavy atom. The summed E-state index contributed by atoms with van der Waals surface area (Å²) in [6, 6.07) is -0.361. The van der Waals surface area contributed by atoms with Crippen LogP contribution in [0.2, 0.25) is 0 Å². The van der Waals surface area contributed by atoms with E-state index < -0.39 is 6.04 Å². The number of rotatable bonds is 5. The lowest BCUT2D eigenvalue weighted by Crippen LogP contribution is -2.35. The zero-order valence-corrected chi connectivity index (χ0v) is 9.27. The summed E-state index contributed by atoms with van der Waals surface area (Å²) in [6.45, 7) is 1.98. The Morgan fingerprint density at radius 2 is 2.38 bits per heavy atom. The van der Waals surface area contributed by atoms with E-state index in [9.17, 15) is 4.79 Å². The van der Waals surface area contributed by atoms with E-state index in [-0.39, 0.29) is 11.9 Å². The minimum atomic E-state index is -0.513. The molecule has 3 N–H and O–H groups in total. The first-order chi connectivity index (χ1) is 7.70. The van der Waals surface area contributed by atoms with Gasteiger partial charge in [0.1, 0.15) is 0 Å². The van der Waals surface area contributed by atoms with Crippen LogP contribution in [0.5, 0.6) is 0 Å². The Hall–Kier alpha value is -1.43. The van der Waals surface area contributed by atoms with Crippen LogP contribution in [-0.2, 0) is 4.79 Å². The maximum Gasteiger partial charge on any atom is 0.322 e. The molecule has 1 unspecified atom stereocenters. The smallest absolute Gasteiger partial charge is 0.322 e. The van der Waals surface area contributed by atoms with E-state index in [1.54, 1.807) is 0 Å². The van der Waals surface area contributed by atoms with Gasteiger partial charge in [-0.2, -0.15) is 0 Å². The molecule has 2 rings (SSSR count). The summed E-state index contributed by atoms with van der Waals surface area (Å²) in [5.41, 5.74) is 5.65. The van der Waals surface area contributed by atoms with Crippen LogP contribution in [0.3, 0.4) is 0 Å². The molecule has 0 aromatic carbocycles. The number of nitrogens with two attached hydrogens (primary N) is 1. The average Bonchev–Trinajstić information content (AvgIpc) is 3.01. The summed E-state index contributed by atoms with van der Waals surface area (Å²) in [5, 5.41) is 10.1. The number of hydrogen-bond acceptors (Lipinski definition) is 5. The Kier molecular flexibility index (Phi) is 3.19. The predicted octanol–water partition coefficient (Wildman–Crippen LogP) is 1.01. The van der Waals surface area contributed by atoms with Crippen molar-refractivity contribution in [3.63, 3.8) is 0 Å². The fourth-order valence-electron chi connectivity index (χ4n) is 1.42. The van der Waals surface area contributed by atoms with Crippen molar-refractivity contribution in [3.8, 4) is 0 Å². The monoisotopic (exact) mass is 224 g/mol. The molecule has 1 heterocycles. The fourth-order valence-corrected chi connectivity index (χ4v) is 1.42. The zero-order chi connectivity index (χ0) is 11.5. The molecular weight excluding hydrogens is 208 g/mol. The number of carbonyl (C=O) groups is 1. The third-order valence-corrected chi connectivity index (χ3v) is 2.53. The number of anilines is 1. The van der Waals surface area contributed by atoms with Crippen molar-refractivity contribution in [3.05, 3.63) is 5.89 Å². The number of hydrogen-bond donors (Lipinski definition) is 2. The van der Waals surface area contributed by atoms with Crippen molar-refractivity contribution in [2.75, 3.05) is 5.32 Å². The predicted molar refractivity (Wildman–Crippen MR) is 57.8 cm³/mol. The Balaban J connectivity index is 1.89. The largest absolute Gasteiger partial charge is 0.408 e. The Labute approximate surface area is 93.6 Å². The molecule has 1 aliphatic rings. The van der Waals surface area contributed by atoms with Gasteiger partial charge in [0, 0.05) is 5.92 Å². The van der Waals surface area contributed by atoms with Gasteiger partial charge in [-0.05, 0) is 19.3 Å². The summed E-state index contributed by atoms with van der Waals surface area (Å²) in [4.78, 5) is 11.5. The first-order valence-electron chi connectivity index (χ1n) is 5.60. The molecule has 6 heteroatoms. The van der Waals surface area contributed by atoms with Crippen LogP contribution in [-0.4, -0.2) is 22.1 Å². The number of nitrogens with zero attached hydrogens (tertiary/aromatic N) is 2. The molecule has 0 aliphatic heterocycles. The van der Waals surface area contributed by atoms with E-state index in [1.807, 2.05) is 6.92 Å². The van der Waals surface area contributed by atoms with E-state index in [0.717, 1.165) is 19.3 Å². The maximum atomic E-state index is 11.5. The minimum Gasteiger partial charge on any atom is -0.408 e. The highest BCUT2D eigenvalue weighted by Crippen LogP contribution is 2.39. The molecule has 1 amide bonds. The van der Waals surface area contributed by atoms with E-state index >= 15 is 0 Å². The lowest BCUT2D eigenvalue weighted by Gasteiger charge is -2.07.